The second-order valence-electron chi connectivity index (χ2n) is 6.33. The minimum atomic E-state index is -0.699. The van der Waals surface area contributed by atoms with Gasteiger partial charge in [0.2, 0.25) is 11.8 Å². The summed E-state index contributed by atoms with van der Waals surface area (Å²) in [5.74, 6) is -1.06. The van der Waals surface area contributed by atoms with Crippen molar-refractivity contribution < 1.29 is 29.0 Å². The van der Waals surface area contributed by atoms with Crippen LogP contribution in [0.15, 0.2) is 24.5 Å². The third kappa shape index (κ3) is 2.77. The van der Waals surface area contributed by atoms with Crippen molar-refractivity contribution >= 4 is 23.8 Å². The van der Waals surface area contributed by atoms with Gasteiger partial charge in [-0.05, 0) is 24.1 Å². The predicted octanol–water partition coefficient (Wildman–Crippen LogP) is 0.325. The normalized spacial score (nSPS) is 27.2. The molecule has 3 aliphatic rings. The van der Waals surface area contributed by atoms with Gasteiger partial charge in [-0.2, -0.15) is 0 Å². The van der Waals surface area contributed by atoms with E-state index in [9.17, 15) is 14.4 Å². The lowest BCUT2D eigenvalue weighted by Gasteiger charge is -2.34. The van der Waals surface area contributed by atoms with Gasteiger partial charge in [-0.1, -0.05) is 12.1 Å². The Morgan fingerprint density at radius 2 is 2.19 bits per heavy atom. The van der Waals surface area contributed by atoms with Crippen LogP contribution in [0.4, 0.5) is 0 Å². The van der Waals surface area contributed by atoms with Crippen LogP contribution in [-0.4, -0.2) is 53.2 Å². The molecule has 8 heteroatoms. The smallest absolute Gasteiger partial charge is 0.257 e. The predicted molar refractivity (Wildman–Crippen MR) is 88.5 cm³/mol. The van der Waals surface area contributed by atoms with E-state index >= 15 is 0 Å². The molecule has 2 fully saturated rings. The Hall–Kier alpha value is -2.71. The minimum Gasteiger partial charge on any atom is -0.499 e. The topological polar surface area (TPSA) is 108 Å². The average Bonchev–Trinajstić information content (AvgIpc) is 3.41. The fraction of sp³-hybridized carbons (Fsp3) is 0.389. The molecule has 4 rings (SSSR count). The molecule has 0 radical (unpaired) electrons. The second-order valence-corrected chi connectivity index (χ2v) is 6.33. The zero-order chi connectivity index (χ0) is 18.3. The third-order valence-electron chi connectivity index (χ3n) is 4.73. The zero-order valence-corrected chi connectivity index (χ0v) is 13.9. The number of carbonyl (C=O) groups is 3. The van der Waals surface area contributed by atoms with E-state index in [-0.39, 0.29) is 37.6 Å². The Balaban J connectivity index is 1.62. The number of aliphatic hydroxyl groups excluding tert-OH is 1. The number of piperidine rings is 1. The first-order valence-electron chi connectivity index (χ1n) is 8.45. The van der Waals surface area contributed by atoms with Gasteiger partial charge in [0.05, 0.1) is 12.9 Å². The van der Waals surface area contributed by atoms with Crippen LogP contribution >= 0.6 is 0 Å². The molecule has 3 unspecified atom stereocenters. The van der Waals surface area contributed by atoms with Gasteiger partial charge in [0.1, 0.15) is 18.8 Å². The van der Waals surface area contributed by atoms with E-state index in [0.717, 1.165) is 11.1 Å². The quantitative estimate of drug-likeness (QED) is 0.340. The molecule has 0 bridgehead atoms. The number of hydrogen-bond acceptors (Lipinski definition) is 6. The van der Waals surface area contributed by atoms with Gasteiger partial charge in [-0.15, -0.1) is 0 Å². The van der Waals surface area contributed by atoms with Crippen molar-refractivity contribution in [2.45, 2.75) is 31.2 Å². The molecule has 1 aromatic carbocycles. The molecule has 3 amide bonds. The maximum atomic E-state index is 13.0. The van der Waals surface area contributed by atoms with E-state index in [0.29, 0.717) is 12.0 Å². The van der Waals surface area contributed by atoms with E-state index in [1.54, 1.807) is 18.2 Å². The molecule has 3 aliphatic heterocycles. The zero-order valence-electron chi connectivity index (χ0n) is 13.9. The van der Waals surface area contributed by atoms with Gasteiger partial charge in [0.25, 0.3) is 5.91 Å². The SMILES string of the molecule is O=C1CCC(N2C(=O)c3cccc(/C=C\OCCO)c3C3OC32)C(=O)N1. The Kier molecular flexibility index (Phi) is 4.21. The van der Waals surface area contributed by atoms with E-state index in [2.05, 4.69) is 5.32 Å². The lowest BCUT2D eigenvalue weighted by Crippen LogP contribution is -2.56. The average molecular weight is 358 g/mol. The molecular formula is C18H18N2O6. The molecule has 2 N–H and O–H groups in total. The molecule has 1 aromatic rings. The number of carbonyl (C=O) groups excluding carboxylic acids is 3. The Labute approximate surface area is 149 Å². The number of amides is 3. The number of fused-ring (bicyclic) bond motifs is 3. The fourth-order valence-electron chi connectivity index (χ4n) is 3.52. The molecular weight excluding hydrogens is 340 g/mol. The van der Waals surface area contributed by atoms with Gasteiger partial charge in [0, 0.05) is 17.5 Å². The molecule has 136 valence electrons. The highest BCUT2D eigenvalue weighted by Gasteiger charge is 2.56. The Bertz CT molecular complexity index is 805. The molecule has 2 saturated heterocycles. The van der Waals surface area contributed by atoms with E-state index < -0.39 is 18.2 Å². The number of aliphatic hydroxyl groups is 1. The van der Waals surface area contributed by atoms with Crippen molar-refractivity contribution in [3.05, 3.63) is 41.2 Å². The molecule has 0 saturated carbocycles. The number of imide groups is 1. The Morgan fingerprint density at radius 3 is 2.96 bits per heavy atom. The largest absolute Gasteiger partial charge is 0.499 e. The first-order chi connectivity index (χ1) is 12.6. The van der Waals surface area contributed by atoms with Crippen molar-refractivity contribution in [3.8, 4) is 0 Å². The van der Waals surface area contributed by atoms with Crippen LogP contribution in [0.25, 0.3) is 6.08 Å². The van der Waals surface area contributed by atoms with Crippen LogP contribution in [0.1, 0.15) is 40.4 Å². The number of ether oxygens (including phenoxy) is 2. The molecule has 0 aliphatic carbocycles. The summed E-state index contributed by atoms with van der Waals surface area (Å²) in [4.78, 5) is 38.0. The highest BCUT2D eigenvalue weighted by molar-refractivity contribution is 6.05. The maximum Gasteiger partial charge on any atom is 0.257 e. The number of rotatable bonds is 5. The highest BCUT2D eigenvalue weighted by Crippen LogP contribution is 2.49. The van der Waals surface area contributed by atoms with Gasteiger partial charge in [-0.3, -0.25) is 24.6 Å². The summed E-state index contributed by atoms with van der Waals surface area (Å²) in [5, 5.41) is 11.0. The van der Waals surface area contributed by atoms with Crippen molar-refractivity contribution in [1.29, 1.82) is 0 Å². The minimum absolute atomic E-state index is 0.0789. The summed E-state index contributed by atoms with van der Waals surface area (Å²) < 4.78 is 10.9. The lowest BCUT2D eigenvalue weighted by atomic mass is 9.91. The first kappa shape index (κ1) is 16.7. The van der Waals surface area contributed by atoms with Crippen molar-refractivity contribution in [3.63, 3.8) is 0 Å². The summed E-state index contributed by atoms with van der Waals surface area (Å²) in [6, 6.07) is 4.62. The molecule has 3 atom stereocenters. The third-order valence-corrected chi connectivity index (χ3v) is 4.73. The van der Waals surface area contributed by atoms with Crippen LogP contribution in [0.3, 0.4) is 0 Å². The molecule has 8 nitrogen and oxygen atoms in total. The van der Waals surface area contributed by atoms with Gasteiger partial charge >= 0.3 is 0 Å². The molecule has 26 heavy (non-hydrogen) atoms. The van der Waals surface area contributed by atoms with Crippen LogP contribution in [0.5, 0.6) is 0 Å². The summed E-state index contributed by atoms with van der Waals surface area (Å²) in [7, 11) is 0. The maximum absolute atomic E-state index is 13.0. The number of benzene rings is 1. The van der Waals surface area contributed by atoms with E-state index in [1.807, 2.05) is 6.07 Å². The Morgan fingerprint density at radius 1 is 1.35 bits per heavy atom. The van der Waals surface area contributed by atoms with Gasteiger partial charge in [0.15, 0.2) is 6.23 Å². The van der Waals surface area contributed by atoms with Crippen molar-refractivity contribution in [2.24, 2.45) is 0 Å². The van der Waals surface area contributed by atoms with Crippen LogP contribution in [-0.2, 0) is 19.1 Å². The highest BCUT2D eigenvalue weighted by atomic mass is 16.6. The lowest BCUT2D eigenvalue weighted by molar-refractivity contribution is -0.137. The van der Waals surface area contributed by atoms with Crippen LogP contribution in [0, 0.1) is 0 Å². The van der Waals surface area contributed by atoms with Crippen LogP contribution < -0.4 is 5.32 Å². The van der Waals surface area contributed by atoms with Crippen molar-refractivity contribution in [1.82, 2.24) is 10.2 Å². The van der Waals surface area contributed by atoms with E-state index in [4.69, 9.17) is 14.6 Å². The summed E-state index contributed by atoms with van der Waals surface area (Å²) in [6.07, 6.45) is 2.91. The summed E-state index contributed by atoms with van der Waals surface area (Å²) in [6.45, 7) is 0.112. The van der Waals surface area contributed by atoms with Gasteiger partial charge < -0.3 is 14.6 Å². The number of nitrogens with zero attached hydrogens (tertiary/aromatic N) is 1. The summed E-state index contributed by atoms with van der Waals surface area (Å²) >= 11 is 0. The van der Waals surface area contributed by atoms with Gasteiger partial charge in [-0.25, -0.2) is 0 Å². The van der Waals surface area contributed by atoms with E-state index in [1.165, 1.54) is 11.2 Å². The fourth-order valence-corrected chi connectivity index (χ4v) is 3.52. The molecule has 3 heterocycles. The monoisotopic (exact) mass is 358 g/mol. The summed E-state index contributed by atoms with van der Waals surface area (Å²) in [5.41, 5.74) is 2.05. The van der Waals surface area contributed by atoms with Crippen LogP contribution in [0.2, 0.25) is 0 Å². The number of hydrogen-bond donors (Lipinski definition) is 2. The standard InChI is InChI=1S/C18H18N2O6/c21-7-9-25-8-6-10-2-1-3-11-14(10)15-18(26-15)20(17(11)24)12-4-5-13(22)19-16(12)23/h1-3,6,8,12,15,18,21H,4-5,7,9H2,(H,19,22,23)/b8-6-. The number of nitrogens with one attached hydrogen (secondary N) is 1. The number of epoxide rings is 1. The molecule has 0 spiro atoms. The second kappa shape index (κ2) is 6.54. The first-order valence-corrected chi connectivity index (χ1v) is 8.45. The molecule has 0 aromatic heterocycles. The van der Waals surface area contributed by atoms with Crippen molar-refractivity contribution in [2.75, 3.05) is 13.2 Å².